The van der Waals surface area contributed by atoms with E-state index in [2.05, 4.69) is 93.6 Å². The predicted molar refractivity (Wildman–Crippen MR) is 293 cm³/mol. The standard InChI is InChI=1S/C9H12N2O2.C7H10N4OS.C7H14N4O.C7H10N2O.C6H9ClO3.C3H6N2.C3H5NO.3CH4.Al.Li.H3N.H/c1-4-7-10-6(3)8(11-7)9(12)13-5-2;1-4-5(3-12)9-7(8-4)6-2-11(6)10-13;1-4-6(3-12)11-7(10-4)5(9)2-8;1-3-7-8-5(2)6(4-10)9-7;1-3-10-6(9)5(7)4(2)8;2*1-2-3(4)5;;;;;;;/h4H,1,5H2,2-3H3,(H,10,11);6,12H,2-3H2,1H3,(H,8,9);5,12H,2-3,8-9H2,1H3,(H,10,11);3,10H,1,4H2,2H3,(H,8,9);5H,3H2,1-2H3;2H,1H2,(H3,4,5);2H,1H2,(H2,4,5);3*1H4;;;1H3;/q;;;;;;;;;;;+1;;-1. The van der Waals surface area contributed by atoms with Crippen LogP contribution in [0.1, 0.15) is 130 Å². The van der Waals surface area contributed by atoms with Crippen LogP contribution in [-0.4, -0.2) is 139 Å². The van der Waals surface area contributed by atoms with Crippen LogP contribution in [0.3, 0.4) is 0 Å². The number of H-pyrrole nitrogens is 4. The van der Waals surface area contributed by atoms with Gasteiger partial charge in [-0.05, 0) is 72.8 Å². The van der Waals surface area contributed by atoms with Gasteiger partial charge in [-0.15, -0.1) is 16.1 Å². The van der Waals surface area contributed by atoms with E-state index in [0.29, 0.717) is 59.1 Å². The summed E-state index contributed by atoms with van der Waals surface area (Å²) in [6, 6.07) is -0.0829. The summed E-state index contributed by atoms with van der Waals surface area (Å²) in [7, 11) is 0. The minimum absolute atomic E-state index is 0. The molecule has 74 heavy (non-hydrogen) atoms. The molecule has 1 saturated heterocycles. The number of rotatable bonds is 16. The van der Waals surface area contributed by atoms with Crippen molar-refractivity contribution in [3.8, 4) is 0 Å². The molecule has 0 bridgehead atoms. The molecule has 413 valence electrons. The Morgan fingerprint density at radius 3 is 1.57 bits per heavy atom. The van der Waals surface area contributed by atoms with Crippen molar-refractivity contribution in [1.29, 1.82) is 5.41 Å². The summed E-state index contributed by atoms with van der Waals surface area (Å²) in [4.78, 5) is 70.0. The molecule has 0 spiro atoms. The number of amidine groups is 1. The fourth-order valence-corrected chi connectivity index (χ4v) is 4.62. The number of aromatic nitrogens is 8. The van der Waals surface area contributed by atoms with Crippen molar-refractivity contribution in [3.63, 3.8) is 0 Å². The maximum Gasteiger partial charge on any atom is 1.00 e. The van der Waals surface area contributed by atoms with E-state index >= 15 is 0 Å². The molecule has 3 radical (unpaired) electrons. The Morgan fingerprint density at radius 2 is 1.26 bits per heavy atom. The zero-order valence-corrected chi connectivity index (χ0v) is 44.4. The van der Waals surface area contributed by atoms with Crippen molar-refractivity contribution < 1.29 is 64.3 Å². The molecule has 5 heterocycles. The SMILES string of the molecule is C.C.C.C=CC(=N)N.C=CC(N)=O.C=Cc1nc(C(=O)OCC)c(C)[nH]1.C=Cc1nc(CO)c(C)[nH]1.CCOC(=O)C(Cl)C(C)=O.Cc1[nH]c(C(N)CN)nc1CO.Cc1[nH]c(C2CN2N=S)nc1CO.N.[Al].[H-].[Li+]. The molecule has 1 fully saturated rings. The molecule has 29 heteroatoms. The molecule has 3 atom stereocenters. The molecule has 4 aromatic rings. The van der Waals surface area contributed by atoms with Crippen molar-refractivity contribution >= 4 is 83.0 Å². The van der Waals surface area contributed by atoms with Gasteiger partial charge < -0.3 is 75.2 Å². The van der Waals surface area contributed by atoms with Crippen LogP contribution in [0.2, 0.25) is 0 Å². The first-order valence-electron chi connectivity index (χ1n) is 20.3. The summed E-state index contributed by atoms with van der Waals surface area (Å²) in [5.74, 6) is 0.854. The number of aromatic amines is 4. The van der Waals surface area contributed by atoms with E-state index < -0.39 is 23.2 Å². The van der Waals surface area contributed by atoms with Gasteiger partial charge in [0, 0.05) is 46.7 Å². The van der Waals surface area contributed by atoms with Gasteiger partial charge in [0.2, 0.25) is 5.91 Å². The van der Waals surface area contributed by atoms with Gasteiger partial charge in [-0.1, -0.05) is 48.6 Å². The third-order valence-corrected chi connectivity index (χ3v) is 8.80. The number of primary amides is 1. The Balaban J connectivity index is -0.0000000974. The van der Waals surface area contributed by atoms with Crippen LogP contribution in [0.4, 0.5) is 0 Å². The van der Waals surface area contributed by atoms with E-state index in [0.717, 1.165) is 35.5 Å². The fourth-order valence-electron chi connectivity index (χ4n) is 4.38. The molecule has 25 nitrogen and oxygen atoms in total. The molecular weight excluding hydrogens is 1010 g/mol. The smallest absolute Gasteiger partial charge is 1.00 e. The van der Waals surface area contributed by atoms with E-state index in [1.54, 1.807) is 37.9 Å². The van der Waals surface area contributed by atoms with Gasteiger partial charge in [0.05, 0.1) is 75.1 Å². The summed E-state index contributed by atoms with van der Waals surface area (Å²) in [6.45, 7) is 27.1. The predicted octanol–water partition coefficient (Wildman–Crippen LogP) is 1.09. The van der Waals surface area contributed by atoms with Gasteiger partial charge in [-0.2, -0.15) is 0 Å². The van der Waals surface area contributed by atoms with Crippen LogP contribution >= 0.6 is 11.6 Å². The third kappa shape index (κ3) is 33.2. The monoisotopic (exact) mass is 1090 g/mol. The van der Waals surface area contributed by atoms with Crippen LogP contribution in [0.5, 0.6) is 0 Å². The summed E-state index contributed by atoms with van der Waals surface area (Å²) in [5, 5.41) is 33.5. The number of esters is 2. The summed E-state index contributed by atoms with van der Waals surface area (Å²) in [5.41, 5.74) is 26.0. The van der Waals surface area contributed by atoms with Crippen LogP contribution < -0.4 is 47.9 Å². The molecule has 1 amide bonds. The van der Waals surface area contributed by atoms with Gasteiger partial charge in [0.1, 0.15) is 35.2 Å². The van der Waals surface area contributed by atoms with Gasteiger partial charge in [0.15, 0.2) is 16.9 Å². The zero-order valence-electron chi connectivity index (χ0n) is 42.7. The number of alkyl halides is 1. The quantitative estimate of drug-likeness (QED) is 0.0109. The number of aliphatic hydroxyl groups excluding tert-OH is 3. The Labute approximate surface area is 470 Å². The number of halogens is 1. The topological polar surface area (TPSA) is 440 Å². The Bertz CT molecular complexity index is 2260. The molecular formula is C45H82AlClLiN16O9S. The Morgan fingerprint density at radius 1 is 0.838 bits per heavy atom. The largest absolute Gasteiger partial charge is 1.00 e. The number of hydrogen-bond acceptors (Lipinski definition) is 19. The van der Waals surface area contributed by atoms with Crippen molar-refractivity contribution in [1.82, 2.24) is 51.0 Å². The summed E-state index contributed by atoms with van der Waals surface area (Å²) >= 11 is 9.86. The van der Waals surface area contributed by atoms with Gasteiger partial charge in [0.25, 0.3) is 0 Å². The molecule has 3 unspecified atom stereocenters. The second-order valence-corrected chi connectivity index (χ2v) is 13.9. The number of carbonyl (C=O) groups is 4. The second-order valence-electron chi connectivity index (χ2n) is 13.3. The van der Waals surface area contributed by atoms with Crippen LogP contribution in [0.25, 0.3) is 12.2 Å². The Hall–Kier alpha value is -5.65. The second kappa shape index (κ2) is 47.1. The number of ketones is 1. The van der Waals surface area contributed by atoms with Crippen LogP contribution in [0.15, 0.2) is 42.9 Å². The van der Waals surface area contributed by atoms with Crippen LogP contribution in [-0.2, 0) is 56.1 Å². The summed E-state index contributed by atoms with van der Waals surface area (Å²) in [6.07, 6.45) is 5.50. The molecule has 0 aliphatic carbocycles. The summed E-state index contributed by atoms with van der Waals surface area (Å²) < 4.78 is 12.9. The third-order valence-electron chi connectivity index (χ3n) is 8.10. The number of ether oxygens (including phenoxy) is 2. The van der Waals surface area contributed by atoms with Crippen molar-refractivity contribution in [3.05, 3.63) is 107 Å². The molecule has 0 saturated carbocycles. The van der Waals surface area contributed by atoms with Crippen molar-refractivity contribution in [2.24, 2.45) is 27.4 Å². The number of hydrogen-bond donors (Lipinski definition) is 13. The molecule has 4 aromatic heterocycles. The van der Waals surface area contributed by atoms with Crippen molar-refractivity contribution in [2.45, 2.75) is 108 Å². The maximum atomic E-state index is 11.3. The first-order valence-corrected chi connectivity index (χ1v) is 21.1. The van der Waals surface area contributed by atoms with Gasteiger partial charge in [-0.3, -0.25) is 20.0 Å². The zero-order chi connectivity index (χ0) is 52.7. The molecule has 1 aliphatic heterocycles. The average molecular weight is 1090 g/mol. The first-order chi connectivity index (χ1) is 32.0. The van der Waals surface area contributed by atoms with E-state index in [1.165, 1.54) is 13.0 Å². The molecule has 5 rings (SSSR count). The Kier molecular flexibility index (Phi) is 54.2. The number of Topliss-reactive ketones (excluding diaryl/α,β-unsaturated/α-hetero) is 1. The molecule has 19 N–H and O–H groups in total. The van der Waals surface area contributed by atoms with E-state index in [9.17, 15) is 19.2 Å². The fraction of sp³-hybridized carbons (Fsp3) is 0.444. The number of amides is 1. The number of nitrogens with two attached hydrogens (primary N) is 4. The number of aliphatic hydroxyl groups is 3. The van der Waals surface area contributed by atoms with Crippen molar-refractivity contribution in [2.75, 3.05) is 26.3 Å². The van der Waals surface area contributed by atoms with Gasteiger partial charge in [-0.25, -0.2) is 29.5 Å². The van der Waals surface area contributed by atoms with Gasteiger partial charge >= 0.3 is 30.8 Å². The van der Waals surface area contributed by atoms with Crippen LogP contribution in [0, 0.1) is 33.1 Å². The van der Waals surface area contributed by atoms with E-state index in [4.69, 9.17) is 54.3 Å². The number of imidazole rings is 4. The van der Waals surface area contributed by atoms with E-state index in [1.807, 2.05) is 20.8 Å². The normalized spacial score (nSPS) is 11.3. The van der Waals surface area contributed by atoms with E-state index in [-0.39, 0.29) is 116 Å². The number of nitrogens with zero attached hydrogens (tertiary/aromatic N) is 6. The number of aryl methyl sites for hydroxylation is 4. The number of nitrogens with one attached hydrogen (secondary N) is 5. The minimum atomic E-state index is -1.14. The minimum Gasteiger partial charge on any atom is -1.00 e. The molecule has 0 aromatic carbocycles. The molecule has 1 aliphatic rings. The average Bonchev–Trinajstić information content (AvgIpc) is 3.54. The first kappa shape index (κ1) is 85.1. The maximum absolute atomic E-state index is 11.3. The number of carbonyl (C=O) groups excluding carboxylic acids is 4.